The molecule has 0 aliphatic heterocycles. The lowest BCUT2D eigenvalue weighted by atomic mass is 10.0. The van der Waals surface area contributed by atoms with Crippen LogP contribution in [-0.2, 0) is 4.79 Å². The van der Waals surface area contributed by atoms with E-state index in [-0.39, 0.29) is 12.5 Å². The molecule has 14 heavy (non-hydrogen) atoms. The molecule has 0 radical (unpaired) electrons. The first-order chi connectivity index (χ1) is 6.52. The van der Waals surface area contributed by atoms with Crippen molar-refractivity contribution in [3.63, 3.8) is 0 Å². The van der Waals surface area contributed by atoms with Crippen LogP contribution >= 0.6 is 0 Å². The minimum atomic E-state index is -0.707. The van der Waals surface area contributed by atoms with Crippen LogP contribution < -0.4 is 10.6 Å². The maximum atomic E-state index is 11.0. The van der Waals surface area contributed by atoms with Crippen LogP contribution in [0.25, 0.3) is 0 Å². The van der Waals surface area contributed by atoms with Crippen LogP contribution in [-0.4, -0.2) is 36.2 Å². The molecule has 1 amide bonds. The fourth-order valence-corrected chi connectivity index (χ4v) is 1.33. The maximum absolute atomic E-state index is 11.0. The second kappa shape index (κ2) is 6.79. The first-order valence-corrected chi connectivity index (χ1v) is 5.21. The zero-order valence-electron chi connectivity index (χ0n) is 9.39. The van der Waals surface area contributed by atoms with Gasteiger partial charge in [-0.1, -0.05) is 13.3 Å². The third-order valence-corrected chi connectivity index (χ3v) is 1.95. The van der Waals surface area contributed by atoms with E-state index in [4.69, 9.17) is 0 Å². The van der Waals surface area contributed by atoms with Gasteiger partial charge < -0.3 is 15.7 Å². The molecule has 84 valence electrons. The Morgan fingerprint density at radius 2 is 2.07 bits per heavy atom. The molecular weight excluding hydrogens is 180 g/mol. The lowest BCUT2D eigenvalue weighted by molar-refractivity contribution is -0.120. The van der Waals surface area contributed by atoms with Crippen molar-refractivity contribution in [2.45, 2.75) is 39.2 Å². The van der Waals surface area contributed by atoms with E-state index in [1.165, 1.54) is 0 Å². The van der Waals surface area contributed by atoms with Gasteiger partial charge in [-0.3, -0.25) is 4.79 Å². The average molecular weight is 202 g/mol. The van der Waals surface area contributed by atoms with Crippen LogP contribution in [0.5, 0.6) is 0 Å². The minimum absolute atomic E-state index is 0.0280. The van der Waals surface area contributed by atoms with E-state index >= 15 is 0 Å². The first-order valence-electron chi connectivity index (χ1n) is 5.21. The number of nitrogens with one attached hydrogen (secondary N) is 2. The summed E-state index contributed by atoms with van der Waals surface area (Å²) in [4.78, 5) is 11.0. The molecule has 0 aliphatic carbocycles. The smallest absolute Gasteiger partial charge is 0.233 e. The topological polar surface area (TPSA) is 61.4 Å². The molecule has 0 spiro atoms. The number of rotatable bonds is 7. The summed E-state index contributed by atoms with van der Waals surface area (Å²) in [6, 6.07) is 0. The van der Waals surface area contributed by atoms with Gasteiger partial charge in [-0.15, -0.1) is 0 Å². The Labute approximate surface area is 86.1 Å². The number of amides is 1. The van der Waals surface area contributed by atoms with Crippen molar-refractivity contribution in [2.75, 3.05) is 19.6 Å². The molecule has 0 rings (SSSR count). The van der Waals surface area contributed by atoms with E-state index in [2.05, 4.69) is 10.6 Å². The highest BCUT2D eigenvalue weighted by Crippen LogP contribution is 2.09. The normalized spacial score (nSPS) is 14.9. The molecule has 0 aromatic heterocycles. The summed E-state index contributed by atoms with van der Waals surface area (Å²) in [5, 5.41) is 15.4. The van der Waals surface area contributed by atoms with Crippen molar-refractivity contribution in [3.05, 3.63) is 0 Å². The van der Waals surface area contributed by atoms with Gasteiger partial charge in [0.15, 0.2) is 0 Å². The first kappa shape index (κ1) is 13.4. The van der Waals surface area contributed by atoms with Crippen molar-refractivity contribution in [3.8, 4) is 0 Å². The average Bonchev–Trinajstić information content (AvgIpc) is 2.03. The van der Waals surface area contributed by atoms with E-state index in [0.29, 0.717) is 13.1 Å². The lowest BCUT2D eigenvalue weighted by Gasteiger charge is -2.22. The van der Waals surface area contributed by atoms with Gasteiger partial charge in [-0.25, -0.2) is 0 Å². The highest BCUT2D eigenvalue weighted by molar-refractivity contribution is 5.77. The number of likely N-dealkylation sites (N-methyl/N-ethyl adjacent to an activating group) is 1. The minimum Gasteiger partial charge on any atom is -0.389 e. The zero-order chi connectivity index (χ0) is 11.0. The second-order valence-electron chi connectivity index (χ2n) is 3.80. The fraction of sp³-hybridized carbons (Fsp3) is 0.900. The highest BCUT2D eigenvalue weighted by Gasteiger charge is 2.18. The van der Waals surface area contributed by atoms with Crippen LogP contribution in [0.1, 0.15) is 33.6 Å². The zero-order valence-corrected chi connectivity index (χ0v) is 9.39. The quantitative estimate of drug-likeness (QED) is 0.555. The Bertz CT molecular complexity index is 170. The van der Waals surface area contributed by atoms with Gasteiger partial charge in [-0.2, -0.15) is 0 Å². The van der Waals surface area contributed by atoms with Crippen molar-refractivity contribution in [2.24, 2.45) is 0 Å². The van der Waals surface area contributed by atoms with Gasteiger partial charge in [0.1, 0.15) is 0 Å². The van der Waals surface area contributed by atoms with Gasteiger partial charge >= 0.3 is 0 Å². The summed E-state index contributed by atoms with van der Waals surface area (Å²) in [7, 11) is 0. The molecule has 0 aromatic rings. The van der Waals surface area contributed by atoms with Crippen molar-refractivity contribution in [1.29, 1.82) is 0 Å². The number of hydrogen-bond acceptors (Lipinski definition) is 3. The third-order valence-electron chi connectivity index (χ3n) is 1.95. The summed E-state index contributed by atoms with van der Waals surface area (Å²) in [5.74, 6) is -0.0280. The van der Waals surface area contributed by atoms with E-state index in [9.17, 15) is 9.90 Å². The van der Waals surface area contributed by atoms with Crippen molar-refractivity contribution < 1.29 is 9.90 Å². The molecule has 0 fully saturated rings. The number of carbonyl (C=O) groups is 1. The molecule has 4 nitrogen and oxygen atoms in total. The van der Waals surface area contributed by atoms with E-state index < -0.39 is 5.60 Å². The monoisotopic (exact) mass is 202 g/mol. The van der Waals surface area contributed by atoms with Crippen LogP contribution in [0.3, 0.4) is 0 Å². The van der Waals surface area contributed by atoms with Crippen molar-refractivity contribution in [1.82, 2.24) is 10.6 Å². The SMILES string of the molecule is CCCC(C)(O)CNCC(=O)NCC. The lowest BCUT2D eigenvalue weighted by Crippen LogP contribution is -2.42. The van der Waals surface area contributed by atoms with Gasteiger partial charge in [-0.05, 0) is 20.3 Å². The van der Waals surface area contributed by atoms with Crippen LogP contribution in [0, 0.1) is 0 Å². The largest absolute Gasteiger partial charge is 0.389 e. The molecule has 0 saturated carbocycles. The summed E-state index contributed by atoms with van der Waals surface area (Å²) in [6.45, 7) is 7.06. The Morgan fingerprint density at radius 3 is 2.57 bits per heavy atom. The summed E-state index contributed by atoms with van der Waals surface area (Å²) >= 11 is 0. The molecule has 3 N–H and O–H groups in total. The Morgan fingerprint density at radius 1 is 1.43 bits per heavy atom. The van der Waals surface area contributed by atoms with Crippen LogP contribution in [0.4, 0.5) is 0 Å². The molecule has 0 saturated heterocycles. The number of carbonyl (C=O) groups excluding carboxylic acids is 1. The fourth-order valence-electron chi connectivity index (χ4n) is 1.33. The summed E-state index contributed by atoms with van der Waals surface area (Å²) in [6.07, 6.45) is 1.69. The maximum Gasteiger partial charge on any atom is 0.233 e. The van der Waals surface area contributed by atoms with Crippen LogP contribution in [0.2, 0.25) is 0 Å². The predicted octanol–water partition coefficient (Wildman–Crippen LogP) is 0.263. The Hall–Kier alpha value is -0.610. The second-order valence-corrected chi connectivity index (χ2v) is 3.80. The van der Waals surface area contributed by atoms with Gasteiger partial charge in [0, 0.05) is 13.1 Å². The van der Waals surface area contributed by atoms with Crippen molar-refractivity contribution >= 4 is 5.91 Å². The Balaban J connectivity index is 3.57. The molecule has 1 unspecified atom stereocenters. The molecule has 1 atom stereocenters. The van der Waals surface area contributed by atoms with E-state index in [0.717, 1.165) is 12.8 Å². The van der Waals surface area contributed by atoms with E-state index in [1.54, 1.807) is 6.92 Å². The molecule has 0 heterocycles. The number of hydrogen-bond donors (Lipinski definition) is 3. The molecule has 0 aromatic carbocycles. The molecule has 0 aliphatic rings. The van der Waals surface area contributed by atoms with E-state index in [1.807, 2.05) is 13.8 Å². The van der Waals surface area contributed by atoms with Gasteiger partial charge in [0.2, 0.25) is 5.91 Å². The molecule has 0 bridgehead atoms. The highest BCUT2D eigenvalue weighted by atomic mass is 16.3. The molecule has 4 heteroatoms. The summed E-state index contributed by atoms with van der Waals surface area (Å²) in [5.41, 5.74) is -0.707. The predicted molar refractivity (Wildman–Crippen MR) is 57.1 cm³/mol. The van der Waals surface area contributed by atoms with Gasteiger partial charge in [0.25, 0.3) is 0 Å². The third kappa shape index (κ3) is 6.86. The number of aliphatic hydroxyl groups is 1. The standard InChI is InChI=1S/C10H22N2O2/c1-4-6-10(3,14)8-11-7-9(13)12-5-2/h11,14H,4-8H2,1-3H3,(H,12,13). The van der Waals surface area contributed by atoms with Crippen LogP contribution in [0.15, 0.2) is 0 Å². The van der Waals surface area contributed by atoms with Gasteiger partial charge in [0.05, 0.1) is 12.1 Å². The summed E-state index contributed by atoms with van der Waals surface area (Å²) < 4.78 is 0. The Kier molecular flexibility index (Phi) is 6.49. The molecular formula is C10H22N2O2.